The zero-order valence-electron chi connectivity index (χ0n) is 14.0. The first-order valence-corrected chi connectivity index (χ1v) is 8.72. The number of aromatic nitrogens is 2. The smallest absolute Gasteiger partial charge is 0.225 e. The van der Waals surface area contributed by atoms with Crippen LogP contribution in [0.15, 0.2) is 24.3 Å². The molecule has 1 aromatic carbocycles. The average molecular weight is 325 g/mol. The van der Waals surface area contributed by atoms with Crippen LogP contribution in [0.2, 0.25) is 0 Å². The molecule has 2 aliphatic rings. The van der Waals surface area contributed by atoms with Crippen molar-refractivity contribution in [1.82, 2.24) is 15.1 Å². The SMILES string of the molecule is Cc1ccc(-c2n[nH]c3c2CCN(C(=O)C2CC(O)C2)CC3)cc1. The van der Waals surface area contributed by atoms with Crippen molar-refractivity contribution < 1.29 is 9.90 Å². The van der Waals surface area contributed by atoms with Crippen molar-refractivity contribution in [2.75, 3.05) is 13.1 Å². The normalized spacial score (nSPS) is 23.3. The summed E-state index contributed by atoms with van der Waals surface area (Å²) in [5.74, 6) is 0.224. The highest BCUT2D eigenvalue weighted by molar-refractivity contribution is 5.80. The lowest BCUT2D eigenvalue weighted by molar-refractivity contribution is -0.142. The number of hydrogen-bond donors (Lipinski definition) is 2. The second kappa shape index (κ2) is 6.06. The maximum atomic E-state index is 12.5. The number of carbonyl (C=O) groups excluding carboxylic acids is 1. The van der Waals surface area contributed by atoms with Gasteiger partial charge in [-0.15, -0.1) is 0 Å². The summed E-state index contributed by atoms with van der Waals surface area (Å²) in [4.78, 5) is 14.5. The van der Waals surface area contributed by atoms with Crippen LogP contribution in [0.25, 0.3) is 11.3 Å². The van der Waals surface area contributed by atoms with Gasteiger partial charge in [-0.25, -0.2) is 0 Å². The van der Waals surface area contributed by atoms with E-state index in [1.54, 1.807) is 0 Å². The Morgan fingerprint density at radius 2 is 1.92 bits per heavy atom. The molecule has 2 N–H and O–H groups in total. The molecule has 1 fully saturated rings. The number of carbonyl (C=O) groups is 1. The molecule has 1 saturated carbocycles. The van der Waals surface area contributed by atoms with Crippen LogP contribution >= 0.6 is 0 Å². The molecule has 2 heterocycles. The first-order valence-electron chi connectivity index (χ1n) is 8.72. The van der Waals surface area contributed by atoms with Gasteiger partial charge in [-0.2, -0.15) is 5.10 Å². The minimum Gasteiger partial charge on any atom is -0.393 e. The van der Waals surface area contributed by atoms with Crippen molar-refractivity contribution in [1.29, 1.82) is 0 Å². The summed E-state index contributed by atoms with van der Waals surface area (Å²) in [6.07, 6.45) is 2.61. The fourth-order valence-electron chi connectivity index (χ4n) is 3.70. The van der Waals surface area contributed by atoms with Crippen LogP contribution in [-0.2, 0) is 17.6 Å². The van der Waals surface area contributed by atoms with Crippen LogP contribution in [0.3, 0.4) is 0 Å². The molecule has 0 radical (unpaired) electrons. The van der Waals surface area contributed by atoms with Crippen molar-refractivity contribution in [2.45, 2.75) is 38.7 Å². The maximum absolute atomic E-state index is 12.5. The van der Waals surface area contributed by atoms with Gasteiger partial charge in [-0.1, -0.05) is 29.8 Å². The van der Waals surface area contributed by atoms with E-state index in [0.717, 1.165) is 42.9 Å². The van der Waals surface area contributed by atoms with Gasteiger partial charge < -0.3 is 10.0 Å². The third-order valence-corrected chi connectivity index (χ3v) is 5.32. The number of aliphatic hydroxyl groups excluding tert-OH is 1. The number of rotatable bonds is 2. The van der Waals surface area contributed by atoms with Crippen molar-refractivity contribution in [3.63, 3.8) is 0 Å². The van der Waals surface area contributed by atoms with Crippen LogP contribution in [0.4, 0.5) is 0 Å². The zero-order valence-corrected chi connectivity index (χ0v) is 14.0. The predicted octanol–water partition coefficient (Wildman–Crippen LogP) is 2.08. The van der Waals surface area contributed by atoms with Crippen molar-refractivity contribution in [3.05, 3.63) is 41.1 Å². The largest absolute Gasteiger partial charge is 0.393 e. The monoisotopic (exact) mass is 325 g/mol. The summed E-state index contributed by atoms with van der Waals surface area (Å²) in [6, 6.07) is 8.42. The summed E-state index contributed by atoms with van der Waals surface area (Å²) in [7, 11) is 0. The van der Waals surface area contributed by atoms with Crippen molar-refractivity contribution >= 4 is 5.91 Å². The standard InChI is InChI=1S/C19H23N3O2/c1-12-2-4-13(5-3-12)18-16-6-8-22(9-7-17(16)20-21-18)19(24)14-10-15(23)11-14/h2-5,14-15,23H,6-11H2,1H3,(H,20,21). The molecule has 24 heavy (non-hydrogen) atoms. The van der Waals surface area contributed by atoms with Crippen LogP contribution < -0.4 is 0 Å². The fourth-order valence-corrected chi connectivity index (χ4v) is 3.70. The lowest BCUT2D eigenvalue weighted by Crippen LogP contribution is -2.44. The van der Waals surface area contributed by atoms with E-state index in [9.17, 15) is 9.90 Å². The molecule has 5 heteroatoms. The van der Waals surface area contributed by atoms with Crippen LogP contribution in [0.5, 0.6) is 0 Å². The first kappa shape index (κ1) is 15.4. The molecule has 5 nitrogen and oxygen atoms in total. The Hall–Kier alpha value is -2.14. The number of nitrogens with one attached hydrogen (secondary N) is 1. The number of hydrogen-bond acceptors (Lipinski definition) is 3. The van der Waals surface area contributed by atoms with Crippen LogP contribution in [-0.4, -0.2) is 45.3 Å². The first-order chi connectivity index (χ1) is 11.6. The minimum atomic E-state index is -0.281. The fraction of sp³-hybridized carbons (Fsp3) is 0.474. The third-order valence-electron chi connectivity index (χ3n) is 5.32. The minimum absolute atomic E-state index is 0.0196. The van der Waals surface area contributed by atoms with Gasteiger partial charge in [0.05, 0.1) is 11.8 Å². The van der Waals surface area contributed by atoms with E-state index in [1.807, 2.05) is 4.90 Å². The van der Waals surface area contributed by atoms with Gasteiger partial charge in [-0.3, -0.25) is 9.89 Å². The molecule has 1 aliphatic heterocycles. The number of fused-ring (bicyclic) bond motifs is 1. The van der Waals surface area contributed by atoms with Gasteiger partial charge >= 0.3 is 0 Å². The van der Waals surface area contributed by atoms with E-state index >= 15 is 0 Å². The van der Waals surface area contributed by atoms with Crippen LogP contribution in [0.1, 0.15) is 29.7 Å². The lowest BCUT2D eigenvalue weighted by Gasteiger charge is -2.34. The number of amides is 1. The Morgan fingerprint density at radius 1 is 1.21 bits per heavy atom. The number of aryl methyl sites for hydroxylation is 1. The lowest BCUT2D eigenvalue weighted by atomic mass is 9.81. The van der Waals surface area contributed by atoms with E-state index < -0.39 is 0 Å². The van der Waals surface area contributed by atoms with Gasteiger partial charge in [0, 0.05) is 42.2 Å². The molecule has 1 aliphatic carbocycles. The molecule has 4 rings (SSSR count). The molecule has 2 aromatic rings. The summed E-state index contributed by atoms with van der Waals surface area (Å²) in [5, 5.41) is 17.1. The molecular formula is C19H23N3O2. The van der Waals surface area contributed by atoms with Gasteiger partial charge in [0.2, 0.25) is 5.91 Å². The maximum Gasteiger partial charge on any atom is 0.225 e. The highest BCUT2D eigenvalue weighted by Gasteiger charge is 2.36. The summed E-state index contributed by atoms with van der Waals surface area (Å²) < 4.78 is 0. The Morgan fingerprint density at radius 3 is 2.62 bits per heavy atom. The van der Waals surface area contributed by atoms with Crippen LogP contribution in [0, 0.1) is 12.8 Å². The van der Waals surface area contributed by atoms with Gasteiger partial charge in [0.25, 0.3) is 0 Å². The number of aliphatic hydroxyl groups is 1. The highest BCUT2D eigenvalue weighted by Crippen LogP contribution is 2.31. The summed E-state index contributed by atoms with van der Waals surface area (Å²) in [5.41, 5.74) is 5.76. The quantitative estimate of drug-likeness (QED) is 0.888. The summed E-state index contributed by atoms with van der Waals surface area (Å²) >= 11 is 0. The topological polar surface area (TPSA) is 69.2 Å². The Bertz CT molecular complexity index is 744. The summed E-state index contributed by atoms with van der Waals surface area (Å²) in [6.45, 7) is 3.54. The Kier molecular flexibility index (Phi) is 3.88. The number of H-pyrrole nitrogens is 1. The zero-order chi connectivity index (χ0) is 16.7. The Balaban J connectivity index is 1.51. The third kappa shape index (κ3) is 2.73. The van der Waals surface area contributed by atoms with E-state index in [2.05, 4.69) is 41.4 Å². The average Bonchev–Trinajstić information content (AvgIpc) is 2.83. The molecule has 1 amide bonds. The molecule has 1 aromatic heterocycles. The molecular weight excluding hydrogens is 302 g/mol. The van der Waals surface area contributed by atoms with E-state index in [4.69, 9.17) is 0 Å². The molecule has 0 atom stereocenters. The second-order valence-corrected chi connectivity index (χ2v) is 7.04. The van der Waals surface area contributed by atoms with E-state index in [0.29, 0.717) is 12.8 Å². The van der Waals surface area contributed by atoms with Gasteiger partial charge in [-0.05, 0) is 26.2 Å². The molecule has 0 unspecified atom stereocenters. The number of benzene rings is 1. The molecule has 0 saturated heterocycles. The Labute approximate surface area is 141 Å². The van der Waals surface area contributed by atoms with Gasteiger partial charge in [0.15, 0.2) is 0 Å². The van der Waals surface area contributed by atoms with Crippen molar-refractivity contribution in [3.8, 4) is 11.3 Å². The second-order valence-electron chi connectivity index (χ2n) is 7.04. The van der Waals surface area contributed by atoms with Crippen molar-refractivity contribution in [2.24, 2.45) is 5.92 Å². The van der Waals surface area contributed by atoms with E-state index in [-0.39, 0.29) is 17.9 Å². The molecule has 126 valence electrons. The van der Waals surface area contributed by atoms with Gasteiger partial charge in [0.1, 0.15) is 0 Å². The van der Waals surface area contributed by atoms with E-state index in [1.165, 1.54) is 11.1 Å². The molecule has 0 spiro atoms. The number of aromatic amines is 1. The number of nitrogens with zero attached hydrogens (tertiary/aromatic N) is 2. The predicted molar refractivity (Wildman–Crippen MR) is 91.5 cm³/mol. The molecule has 0 bridgehead atoms. The highest BCUT2D eigenvalue weighted by atomic mass is 16.3.